The van der Waals surface area contributed by atoms with Gasteiger partial charge < -0.3 is 4.74 Å². The summed E-state index contributed by atoms with van der Waals surface area (Å²) in [5, 5.41) is 0. The summed E-state index contributed by atoms with van der Waals surface area (Å²) in [4.78, 5) is 0. The van der Waals surface area contributed by atoms with Crippen molar-refractivity contribution in [3.8, 4) is 16.9 Å². The van der Waals surface area contributed by atoms with Crippen LogP contribution in [0, 0.1) is 11.8 Å². The average molecular weight is 449 g/mol. The van der Waals surface area contributed by atoms with E-state index >= 15 is 0 Å². The zero-order chi connectivity index (χ0) is 23.3. The second kappa shape index (κ2) is 14.5. The Balaban J connectivity index is 1.37. The van der Waals surface area contributed by atoms with Crippen molar-refractivity contribution in [2.45, 2.75) is 110 Å². The summed E-state index contributed by atoms with van der Waals surface area (Å²) in [7, 11) is 0. The lowest BCUT2D eigenvalue weighted by molar-refractivity contribution is 0.283. The standard InChI is InChI=1S/C32H48O/c1-4-5-6-7-8-9-10-11-24-33-32-22-20-31(21-23-32)30-18-16-29(17-19-30)28-14-12-27(13-15-28)25-26(2)3/h16-23,26-28H,4-15,24-25H2,1-3H3. The van der Waals surface area contributed by atoms with Gasteiger partial charge in [-0.15, -0.1) is 0 Å². The molecule has 0 amide bonds. The first-order chi connectivity index (χ1) is 16.2. The molecule has 1 fully saturated rings. The molecule has 0 bridgehead atoms. The molecular formula is C32H48O. The Labute approximate surface area is 204 Å². The van der Waals surface area contributed by atoms with Crippen molar-refractivity contribution >= 4 is 0 Å². The number of hydrogen-bond donors (Lipinski definition) is 0. The fourth-order valence-electron chi connectivity index (χ4n) is 5.52. The maximum atomic E-state index is 5.97. The Morgan fingerprint density at radius 2 is 1.24 bits per heavy atom. The highest BCUT2D eigenvalue weighted by molar-refractivity contribution is 5.64. The third-order valence-electron chi connectivity index (χ3n) is 7.49. The van der Waals surface area contributed by atoms with Gasteiger partial charge in [-0.2, -0.15) is 0 Å². The normalized spacial score (nSPS) is 18.5. The molecule has 0 aliphatic heterocycles. The van der Waals surface area contributed by atoms with Gasteiger partial charge in [-0.3, -0.25) is 0 Å². The second-order valence-corrected chi connectivity index (χ2v) is 10.8. The van der Waals surface area contributed by atoms with Gasteiger partial charge in [-0.25, -0.2) is 0 Å². The van der Waals surface area contributed by atoms with Crippen molar-refractivity contribution in [2.75, 3.05) is 6.61 Å². The number of hydrogen-bond acceptors (Lipinski definition) is 1. The minimum atomic E-state index is 0.759. The van der Waals surface area contributed by atoms with Gasteiger partial charge in [0.25, 0.3) is 0 Å². The number of unbranched alkanes of at least 4 members (excludes halogenated alkanes) is 7. The monoisotopic (exact) mass is 448 g/mol. The van der Waals surface area contributed by atoms with Gasteiger partial charge in [0.2, 0.25) is 0 Å². The highest BCUT2D eigenvalue weighted by atomic mass is 16.5. The van der Waals surface area contributed by atoms with Crippen molar-refractivity contribution in [1.29, 1.82) is 0 Å². The first-order valence-electron chi connectivity index (χ1n) is 14.0. The van der Waals surface area contributed by atoms with Crippen molar-refractivity contribution in [2.24, 2.45) is 11.8 Å². The first-order valence-corrected chi connectivity index (χ1v) is 14.0. The maximum absolute atomic E-state index is 5.97. The molecule has 182 valence electrons. The molecule has 0 heterocycles. The summed E-state index contributed by atoms with van der Waals surface area (Å²) >= 11 is 0. The Hall–Kier alpha value is -1.76. The lowest BCUT2D eigenvalue weighted by Gasteiger charge is -2.29. The van der Waals surface area contributed by atoms with Crippen LogP contribution in [0.5, 0.6) is 5.75 Å². The lowest BCUT2D eigenvalue weighted by atomic mass is 9.76. The van der Waals surface area contributed by atoms with Gasteiger partial charge in [0, 0.05) is 0 Å². The Morgan fingerprint density at radius 3 is 1.82 bits per heavy atom. The van der Waals surface area contributed by atoms with Gasteiger partial charge in [0.05, 0.1) is 6.61 Å². The van der Waals surface area contributed by atoms with E-state index in [1.807, 2.05) is 0 Å². The van der Waals surface area contributed by atoms with Crippen LogP contribution >= 0.6 is 0 Å². The highest BCUT2D eigenvalue weighted by Crippen LogP contribution is 2.38. The molecule has 33 heavy (non-hydrogen) atoms. The highest BCUT2D eigenvalue weighted by Gasteiger charge is 2.22. The summed E-state index contributed by atoms with van der Waals surface area (Å²) < 4.78 is 5.97. The summed E-state index contributed by atoms with van der Waals surface area (Å²) in [6, 6.07) is 18.0. The third-order valence-corrected chi connectivity index (χ3v) is 7.49. The van der Waals surface area contributed by atoms with Crippen LogP contribution in [0.2, 0.25) is 0 Å². The van der Waals surface area contributed by atoms with Crippen LogP contribution in [-0.4, -0.2) is 6.61 Å². The molecule has 0 aromatic heterocycles. The quantitative estimate of drug-likeness (QED) is 0.261. The van der Waals surface area contributed by atoms with E-state index in [1.54, 1.807) is 0 Å². The van der Waals surface area contributed by atoms with Gasteiger partial charge in [-0.1, -0.05) is 102 Å². The van der Waals surface area contributed by atoms with E-state index < -0.39 is 0 Å². The molecule has 0 unspecified atom stereocenters. The third kappa shape index (κ3) is 9.19. The minimum Gasteiger partial charge on any atom is -0.494 e. The fraction of sp³-hybridized carbons (Fsp3) is 0.625. The van der Waals surface area contributed by atoms with Crippen LogP contribution < -0.4 is 4.74 Å². The van der Waals surface area contributed by atoms with E-state index in [2.05, 4.69) is 69.3 Å². The van der Waals surface area contributed by atoms with Crippen LogP contribution in [0.25, 0.3) is 11.1 Å². The van der Waals surface area contributed by atoms with Gasteiger partial charge >= 0.3 is 0 Å². The predicted molar refractivity (Wildman–Crippen MR) is 144 cm³/mol. The molecule has 0 atom stereocenters. The van der Waals surface area contributed by atoms with Gasteiger partial charge in [-0.05, 0) is 85.1 Å². The summed E-state index contributed by atoms with van der Waals surface area (Å²) in [6.07, 6.45) is 17.7. The Morgan fingerprint density at radius 1 is 0.697 bits per heavy atom. The summed E-state index contributed by atoms with van der Waals surface area (Å²) in [6.45, 7) is 7.84. The summed E-state index contributed by atoms with van der Waals surface area (Å²) in [5.74, 6) is 3.55. The van der Waals surface area contributed by atoms with Crippen molar-refractivity contribution in [3.05, 3.63) is 54.1 Å². The smallest absolute Gasteiger partial charge is 0.119 e. The Kier molecular flexibility index (Phi) is 11.4. The lowest BCUT2D eigenvalue weighted by Crippen LogP contribution is -2.14. The molecule has 1 heteroatoms. The zero-order valence-corrected chi connectivity index (χ0v) is 21.7. The molecule has 3 rings (SSSR count). The molecule has 1 saturated carbocycles. The first kappa shape index (κ1) is 25.9. The molecule has 0 saturated heterocycles. The van der Waals surface area contributed by atoms with E-state index in [0.29, 0.717) is 0 Å². The summed E-state index contributed by atoms with van der Waals surface area (Å²) in [5.41, 5.74) is 4.12. The van der Waals surface area contributed by atoms with E-state index in [-0.39, 0.29) is 0 Å². The zero-order valence-electron chi connectivity index (χ0n) is 21.7. The number of benzene rings is 2. The molecule has 2 aromatic rings. The van der Waals surface area contributed by atoms with Crippen LogP contribution in [0.4, 0.5) is 0 Å². The molecule has 0 N–H and O–H groups in total. The number of ether oxygens (including phenoxy) is 1. The van der Waals surface area contributed by atoms with Gasteiger partial charge in [0.15, 0.2) is 0 Å². The maximum Gasteiger partial charge on any atom is 0.119 e. The van der Waals surface area contributed by atoms with Crippen LogP contribution in [-0.2, 0) is 0 Å². The largest absolute Gasteiger partial charge is 0.494 e. The Bertz CT molecular complexity index is 750. The van der Waals surface area contributed by atoms with E-state index in [0.717, 1.165) is 36.5 Å². The molecule has 0 spiro atoms. The molecular weight excluding hydrogens is 400 g/mol. The topological polar surface area (TPSA) is 9.23 Å². The minimum absolute atomic E-state index is 0.759. The molecule has 1 aliphatic carbocycles. The van der Waals surface area contributed by atoms with Crippen molar-refractivity contribution < 1.29 is 4.74 Å². The van der Waals surface area contributed by atoms with Gasteiger partial charge in [0.1, 0.15) is 5.75 Å². The second-order valence-electron chi connectivity index (χ2n) is 10.8. The van der Waals surface area contributed by atoms with Crippen molar-refractivity contribution in [1.82, 2.24) is 0 Å². The van der Waals surface area contributed by atoms with Crippen LogP contribution in [0.15, 0.2) is 48.5 Å². The van der Waals surface area contributed by atoms with E-state index in [1.165, 1.54) is 93.7 Å². The average Bonchev–Trinajstić information content (AvgIpc) is 2.84. The van der Waals surface area contributed by atoms with Crippen LogP contribution in [0.3, 0.4) is 0 Å². The molecule has 1 nitrogen and oxygen atoms in total. The SMILES string of the molecule is CCCCCCCCCCOc1ccc(-c2ccc(C3CCC(CC(C)C)CC3)cc2)cc1. The van der Waals surface area contributed by atoms with E-state index in [9.17, 15) is 0 Å². The predicted octanol–water partition coefficient (Wildman–Crippen LogP) is 10.2. The fourth-order valence-corrected chi connectivity index (χ4v) is 5.52. The molecule has 2 aromatic carbocycles. The molecule has 1 aliphatic rings. The number of rotatable bonds is 14. The van der Waals surface area contributed by atoms with E-state index in [4.69, 9.17) is 4.74 Å². The molecule has 0 radical (unpaired) electrons. The van der Waals surface area contributed by atoms with Crippen molar-refractivity contribution in [3.63, 3.8) is 0 Å². The van der Waals surface area contributed by atoms with Crippen LogP contribution in [0.1, 0.15) is 116 Å².